The number of carbonyl (C=O) groups excluding carboxylic acids is 1. The number of rotatable bonds is 2. The number of hydrogen-bond donors (Lipinski definition) is 1. The van der Waals surface area contributed by atoms with Gasteiger partial charge in [0, 0.05) is 17.9 Å². The zero-order chi connectivity index (χ0) is 13.4. The number of Topliss-reactive ketones (excluding diaryl/α,β-unsaturated/α-hetero) is 1. The van der Waals surface area contributed by atoms with Gasteiger partial charge in [0.25, 0.3) is 0 Å². The summed E-state index contributed by atoms with van der Waals surface area (Å²) >= 11 is 0. The van der Waals surface area contributed by atoms with E-state index in [1.54, 1.807) is 0 Å². The lowest BCUT2D eigenvalue weighted by atomic mass is 9.83. The maximum Gasteiger partial charge on any atom is 0.331 e. The van der Waals surface area contributed by atoms with Crippen LogP contribution in [0.5, 0.6) is 0 Å². The standard InChI is InChI=1S/C15H20O3/c1-8-4-5-12(9(2)15(17)18)14-10(3)13(16)7-11(14)6-8/h8,11-12H,2,4-7H2,1,3H3,(H,17,18). The van der Waals surface area contributed by atoms with E-state index in [-0.39, 0.29) is 23.2 Å². The van der Waals surface area contributed by atoms with Crippen LogP contribution in [0.2, 0.25) is 0 Å². The molecule has 18 heavy (non-hydrogen) atoms. The highest BCUT2D eigenvalue weighted by atomic mass is 16.4. The molecule has 0 aromatic heterocycles. The molecule has 0 radical (unpaired) electrons. The molecule has 3 nitrogen and oxygen atoms in total. The predicted molar refractivity (Wildman–Crippen MR) is 69.1 cm³/mol. The van der Waals surface area contributed by atoms with Crippen molar-refractivity contribution in [2.75, 3.05) is 0 Å². The molecular formula is C15H20O3. The third-order valence-electron chi connectivity index (χ3n) is 4.43. The molecule has 3 unspecified atom stereocenters. The third-order valence-corrected chi connectivity index (χ3v) is 4.43. The summed E-state index contributed by atoms with van der Waals surface area (Å²) < 4.78 is 0. The Morgan fingerprint density at radius 1 is 1.39 bits per heavy atom. The van der Waals surface area contributed by atoms with Crippen molar-refractivity contribution in [3.63, 3.8) is 0 Å². The first kappa shape index (κ1) is 13.1. The lowest BCUT2D eigenvalue weighted by molar-refractivity contribution is -0.133. The van der Waals surface area contributed by atoms with E-state index in [0.717, 1.165) is 30.4 Å². The molecule has 0 spiro atoms. The molecule has 0 aromatic carbocycles. The Morgan fingerprint density at radius 3 is 2.67 bits per heavy atom. The SMILES string of the molecule is C=C(C(=O)O)C1CCC(C)CC2CC(=O)C(C)=C21. The van der Waals surface area contributed by atoms with Gasteiger partial charge in [-0.1, -0.05) is 19.1 Å². The lowest BCUT2D eigenvalue weighted by Crippen LogP contribution is -2.16. The fourth-order valence-corrected chi connectivity index (χ4v) is 3.43. The number of fused-ring (bicyclic) bond motifs is 1. The van der Waals surface area contributed by atoms with Gasteiger partial charge in [-0.05, 0) is 43.6 Å². The number of ketones is 1. The van der Waals surface area contributed by atoms with Gasteiger partial charge in [0.05, 0.1) is 0 Å². The van der Waals surface area contributed by atoms with Crippen molar-refractivity contribution >= 4 is 11.8 Å². The van der Waals surface area contributed by atoms with Gasteiger partial charge >= 0.3 is 5.97 Å². The van der Waals surface area contributed by atoms with Gasteiger partial charge in [0.15, 0.2) is 5.78 Å². The molecular weight excluding hydrogens is 228 g/mol. The second kappa shape index (κ2) is 4.71. The van der Waals surface area contributed by atoms with Crippen LogP contribution in [0.15, 0.2) is 23.3 Å². The topological polar surface area (TPSA) is 54.4 Å². The van der Waals surface area contributed by atoms with E-state index in [2.05, 4.69) is 13.5 Å². The number of aliphatic carboxylic acids is 1. The van der Waals surface area contributed by atoms with Crippen LogP contribution in [-0.2, 0) is 9.59 Å². The quantitative estimate of drug-likeness (QED) is 0.764. The fraction of sp³-hybridized carbons (Fsp3) is 0.600. The highest BCUT2D eigenvalue weighted by molar-refractivity contribution is 5.99. The Kier molecular flexibility index (Phi) is 3.42. The van der Waals surface area contributed by atoms with Crippen LogP contribution in [0.4, 0.5) is 0 Å². The zero-order valence-electron chi connectivity index (χ0n) is 11.0. The van der Waals surface area contributed by atoms with Crippen LogP contribution in [0, 0.1) is 17.8 Å². The number of carboxylic acid groups (broad SMARTS) is 1. The van der Waals surface area contributed by atoms with Gasteiger partial charge in [-0.15, -0.1) is 0 Å². The van der Waals surface area contributed by atoms with Crippen molar-refractivity contribution < 1.29 is 14.7 Å². The van der Waals surface area contributed by atoms with Crippen molar-refractivity contribution in [3.8, 4) is 0 Å². The van der Waals surface area contributed by atoms with Gasteiger partial charge in [-0.2, -0.15) is 0 Å². The van der Waals surface area contributed by atoms with Gasteiger partial charge in [0.1, 0.15) is 0 Å². The summed E-state index contributed by atoms with van der Waals surface area (Å²) in [6, 6.07) is 0. The molecule has 0 saturated heterocycles. The van der Waals surface area contributed by atoms with Crippen LogP contribution < -0.4 is 0 Å². The second-order valence-corrected chi connectivity index (χ2v) is 5.71. The molecule has 0 bridgehead atoms. The molecule has 3 atom stereocenters. The molecule has 2 aliphatic carbocycles. The summed E-state index contributed by atoms with van der Waals surface area (Å²) in [6.07, 6.45) is 3.39. The number of allylic oxidation sites excluding steroid dienone is 2. The Labute approximate surface area is 108 Å². The maximum absolute atomic E-state index is 11.9. The summed E-state index contributed by atoms with van der Waals surface area (Å²) in [5.74, 6) is -0.0875. The Morgan fingerprint density at radius 2 is 2.06 bits per heavy atom. The van der Waals surface area contributed by atoms with Crippen molar-refractivity contribution in [2.24, 2.45) is 17.8 Å². The van der Waals surface area contributed by atoms with E-state index in [1.807, 2.05) is 6.92 Å². The number of carbonyl (C=O) groups is 2. The van der Waals surface area contributed by atoms with E-state index in [9.17, 15) is 9.59 Å². The summed E-state index contributed by atoms with van der Waals surface area (Å²) in [4.78, 5) is 23.0. The molecule has 98 valence electrons. The molecule has 1 saturated carbocycles. The van der Waals surface area contributed by atoms with Crippen LogP contribution >= 0.6 is 0 Å². The van der Waals surface area contributed by atoms with Crippen molar-refractivity contribution in [1.29, 1.82) is 0 Å². The molecule has 2 aliphatic rings. The highest BCUT2D eigenvalue weighted by Gasteiger charge is 2.39. The van der Waals surface area contributed by atoms with Crippen molar-refractivity contribution in [1.82, 2.24) is 0 Å². The van der Waals surface area contributed by atoms with Crippen LogP contribution in [0.25, 0.3) is 0 Å². The van der Waals surface area contributed by atoms with E-state index < -0.39 is 5.97 Å². The average Bonchev–Trinajstić information content (AvgIpc) is 2.48. The zero-order valence-corrected chi connectivity index (χ0v) is 11.0. The second-order valence-electron chi connectivity index (χ2n) is 5.71. The van der Waals surface area contributed by atoms with E-state index in [0.29, 0.717) is 12.3 Å². The largest absolute Gasteiger partial charge is 0.478 e. The fourth-order valence-electron chi connectivity index (χ4n) is 3.43. The predicted octanol–water partition coefficient (Wildman–Crippen LogP) is 2.97. The number of carboxylic acids is 1. The lowest BCUT2D eigenvalue weighted by Gasteiger charge is -2.21. The molecule has 0 heterocycles. The van der Waals surface area contributed by atoms with Crippen LogP contribution in [0.3, 0.4) is 0 Å². The first-order chi connectivity index (χ1) is 8.41. The van der Waals surface area contributed by atoms with Gasteiger partial charge in [-0.3, -0.25) is 4.79 Å². The average molecular weight is 248 g/mol. The Bertz CT molecular complexity index is 445. The minimum absolute atomic E-state index is 0.135. The first-order valence-corrected chi connectivity index (χ1v) is 6.57. The van der Waals surface area contributed by atoms with E-state index in [1.165, 1.54) is 0 Å². The Balaban J connectivity index is 2.41. The third kappa shape index (κ3) is 2.14. The van der Waals surface area contributed by atoms with Crippen molar-refractivity contribution in [2.45, 2.75) is 39.5 Å². The summed E-state index contributed by atoms with van der Waals surface area (Å²) in [6.45, 7) is 7.74. The van der Waals surface area contributed by atoms with E-state index in [4.69, 9.17) is 5.11 Å². The molecule has 3 heteroatoms. The molecule has 1 N–H and O–H groups in total. The summed E-state index contributed by atoms with van der Waals surface area (Å²) in [7, 11) is 0. The van der Waals surface area contributed by atoms with Gasteiger partial charge < -0.3 is 5.11 Å². The summed E-state index contributed by atoms with van der Waals surface area (Å²) in [5, 5.41) is 9.16. The minimum Gasteiger partial charge on any atom is -0.478 e. The minimum atomic E-state index is -0.937. The summed E-state index contributed by atoms with van der Waals surface area (Å²) in [5.41, 5.74) is 2.11. The maximum atomic E-state index is 11.9. The molecule has 1 fully saturated rings. The number of hydrogen-bond acceptors (Lipinski definition) is 2. The monoisotopic (exact) mass is 248 g/mol. The normalized spacial score (nSPS) is 32.1. The molecule has 0 amide bonds. The van der Waals surface area contributed by atoms with Crippen LogP contribution in [0.1, 0.15) is 39.5 Å². The van der Waals surface area contributed by atoms with Crippen molar-refractivity contribution in [3.05, 3.63) is 23.3 Å². The van der Waals surface area contributed by atoms with Gasteiger partial charge in [0.2, 0.25) is 0 Å². The molecule has 0 aliphatic heterocycles. The molecule has 0 aromatic rings. The highest BCUT2D eigenvalue weighted by Crippen LogP contribution is 2.45. The first-order valence-electron chi connectivity index (χ1n) is 6.57. The Hall–Kier alpha value is -1.38. The smallest absolute Gasteiger partial charge is 0.331 e. The van der Waals surface area contributed by atoms with Crippen LogP contribution in [-0.4, -0.2) is 16.9 Å². The van der Waals surface area contributed by atoms with Gasteiger partial charge in [-0.25, -0.2) is 4.79 Å². The van der Waals surface area contributed by atoms with E-state index >= 15 is 0 Å². The molecule has 2 rings (SSSR count).